The van der Waals surface area contributed by atoms with Crippen molar-refractivity contribution in [3.8, 4) is 11.5 Å². The van der Waals surface area contributed by atoms with Crippen molar-refractivity contribution in [3.05, 3.63) is 42.0 Å². The zero-order chi connectivity index (χ0) is 19.5. The lowest BCUT2D eigenvalue weighted by molar-refractivity contribution is -0.139. The van der Waals surface area contributed by atoms with Gasteiger partial charge in [0, 0.05) is 11.3 Å². The predicted molar refractivity (Wildman–Crippen MR) is 107 cm³/mol. The van der Waals surface area contributed by atoms with Crippen LogP contribution in [0.15, 0.2) is 40.7 Å². The van der Waals surface area contributed by atoms with Gasteiger partial charge in [0.2, 0.25) is 6.79 Å². The molecular formula is C19H16N2O5S2. The van der Waals surface area contributed by atoms with E-state index in [1.807, 2.05) is 12.1 Å². The Morgan fingerprint density at radius 2 is 2.07 bits per heavy atom. The molecule has 1 aromatic heterocycles. The number of amides is 1. The molecule has 0 fully saturated rings. The summed E-state index contributed by atoms with van der Waals surface area (Å²) in [4.78, 5) is 28.5. The largest absolute Gasteiger partial charge is 0.465 e. The van der Waals surface area contributed by atoms with Gasteiger partial charge in [0.1, 0.15) is 0 Å². The first-order valence-electron chi connectivity index (χ1n) is 8.52. The molecule has 4 rings (SSSR count). The first-order chi connectivity index (χ1) is 13.6. The number of nitrogens with one attached hydrogen (secondary N) is 1. The van der Waals surface area contributed by atoms with E-state index in [-0.39, 0.29) is 24.4 Å². The van der Waals surface area contributed by atoms with E-state index in [2.05, 4.69) is 10.3 Å². The molecule has 0 atom stereocenters. The van der Waals surface area contributed by atoms with Gasteiger partial charge in [-0.3, -0.25) is 9.59 Å². The Hall–Kier alpha value is -2.78. The van der Waals surface area contributed by atoms with E-state index in [0.717, 1.165) is 14.6 Å². The van der Waals surface area contributed by atoms with Crippen LogP contribution in [-0.4, -0.2) is 36.0 Å². The minimum absolute atomic E-state index is 0.166. The zero-order valence-corrected chi connectivity index (χ0v) is 16.5. The number of carbonyl (C=O) groups excluding carboxylic acids is 2. The molecule has 0 unspecified atom stereocenters. The number of ether oxygens (including phenoxy) is 3. The third kappa shape index (κ3) is 4.05. The van der Waals surface area contributed by atoms with Crippen molar-refractivity contribution in [1.82, 2.24) is 4.98 Å². The summed E-state index contributed by atoms with van der Waals surface area (Å²) in [5, 5.41) is 2.88. The average molecular weight is 416 g/mol. The van der Waals surface area contributed by atoms with Gasteiger partial charge in [-0.25, -0.2) is 4.98 Å². The molecule has 1 N–H and O–H groups in total. The minimum atomic E-state index is -0.261. The Balaban J connectivity index is 1.45. The summed E-state index contributed by atoms with van der Waals surface area (Å²) < 4.78 is 17.2. The molecule has 0 spiro atoms. The maximum Gasteiger partial charge on any atom is 0.316 e. The van der Waals surface area contributed by atoms with Crippen LogP contribution in [0, 0.1) is 0 Å². The average Bonchev–Trinajstić information content (AvgIpc) is 3.32. The smallest absolute Gasteiger partial charge is 0.316 e. The molecule has 3 aromatic rings. The molecule has 9 heteroatoms. The van der Waals surface area contributed by atoms with Gasteiger partial charge < -0.3 is 19.5 Å². The Kier molecular flexibility index (Phi) is 5.36. The molecule has 1 amide bonds. The molecule has 0 radical (unpaired) electrons. The number of anilines is 1. The van der Waals surface area contributed by atoms with E-state index in [0.29, 0.717) is 29.4 Å². The highest BCUT2D eigenvalue weighted by molar-refractivity contribution is 8.01. The van der Waals surface area contributed by atoms with Gasteiger partial charge in [-0.15, -0.1) is 11.3 Å². The second-order valence-electron chi connectivity index (χ2n) is 5.78. The summed E-state index contributed by atoms with van der Waals surface area (Å²) in [6, 6.07) is 10.6. The van der Waals surface area contributed by atoms with Crippen LogP contribution in [0.3, 0.4) is 0 Å². The Bertz CT molecular complexity index is 1050. The van der Waals surface area contributed by atoms with E-state index in [4.69, 9.17) is 14.2 Å². The van der Waals surface area contributed by atoms with Crippen molar-refractivity contribution in [2.45, 2.75) is 11.3 Å². The van der Waals surface area contributed by atoms with Gasteiger partial charge in [-0.2, -0.15) is 0 Å². The lowest BCUT2D eigenvalue weighted by Crippen LogP contribution is -2.11. The van der Waals surface area contributed by atoms with Gasteiger partial charge in [-0.1, -0.05) is 11.8 Å². The number of nitrogens with zero attached hydrogens (tertiary/aromatic N) is 1. The fourth-order valence-electron chi connectivity index (χ4n) is 2.61. The SMILES string of the molecule is CCOC(=O)CSc1nc2ccc(NC(=O)c3ccc4c(c3)OCO4)cc2s1. The van der Waals surface area contributed by atoms with Crippen LogP contribution in [0.1, 0.15) is 17.3 Å². The van der Waals surface area contributed by atoms with Crippen LogP contribution >= 0.6 is 23.1 Å². The molecule has 0 saturated heterocycles. The number of esters is 1. The summed E-state index contributed by atoms with van der Waals surface area (Å²) in [7, 11) is 0. The maximum absolute atomic E-state index is 12.5. The van der Waals surface area contributed by atoms with E-state index < -0.39 is 0 Å². The van der Waals surface area contributed by atoms with E-state index in [1.54, 1.807) is 31.2 Å². The van der Waals surface area contributed by atoms with Crippen LogP contribution in [0.25, 0.3) is 10.2 Å². The molecule has 7 nitrogen and oxygen atoms in total. The van der Waals surface area contributed by atoms with Gasteiger partial charge >= 0.3 is 5.97 Å². The number of hydrogen-bond acceptors (Lipinski definition) is 8. The fraction of sp³-hybridized carbons (Fsp3) is 0.211. The molecule has 0 bridgehead atoms. The maximum atomic E-state index is 12.5. The third-order valence-corrected chi connectivity index (χ3v) is 6.01. The van der Waals surface area contributed by atoms with Crippen molar-refractivity contribution in [2.75, 3.05) is 24.5 Å². The molecule has 0 saturated carbocycles. The monoisotopic (exact) mass is 416 g/mol. The molecular weight excluding hydrogens is 400 g/mol. The van der Waals surface area contributed by atoms with Gasteiger partial charge in [0.15, 0.2) is 15.8 Å². The van der Waals surface area contributed by atoms with Crippen molar-refractivity contribution in [3.63, 3.8) is 0 Å². The number of benzene rings is 2. The third-order valence-electron chi connectivity index (χ3n) is 3.88. The van der Waals surface area contributed by atoms with Crippen molar-refractivity contribution in [2.24, 2.45) is 0 Å². The number of thiazole rings is 1. The van der Waals surface area contributed by atoms with Crippen LogP contribution in [0.5, 0.6) is 11.5 Å². The van der Waals surface area contributed by atoms with Crippen molar-refractivity contribution in [1.29, 1.82) is 0 Å². The molecule has 1 aliphatic heterocycles. The summed E-state index contributed by atoms with van der Waals surface area (Å²) in [5.41, 5.74) is 1.97. The Morgan fingerprint density at radius 3 is 2.93 bits per heavy atom. The molecule has 0 aliphatic carbocycles. The number of hydrogen-bond donors (Lipinski definition) is 1. The number of fused-ring (bicyclic) bond motifs is 2. The van der Waals surface area contributed by atoms with Crippen LogP contribution in [0.4, 0.5) is 5.69 Å². The molecule has 28 heavy (non-hydrogen) atoms. The zero-order valence-electron chi connectivity index (χ0n) is 14.9. The first-order valence-corrected chi connectivity index (χ1v) is 10.3. The highest BCUT2D eigenvalue weighted by atomic mass is 32.2. The number of thioether (sulfide) groups is 1. The summed E-state index contributed by atoms with van der Waals surface area (Å²) in [6.07, 6.45) is 0. The first kappa shape index (κ1) is 18.6. The molecule has 2 heterocycles. The lowest BCUT2D eigenvalue weighted by atomic mass is 10.2. The summed E-state index contributed by atoms with van der Waals surface area (Å²) >= 11 is 2.81. The van der Waals surface area contributed by atoms with Gasteiger partial charge in [0.05, 0.1) is 22.6 Å². The molecule has 144 valence electrons. The predicted octanol–water partition coefficient (Wildman–Crippen LogP) is 3.93. The normalized spacial score (nSPS) is 12.2. The van der Waals surface area contributed by atoms with Crippen LogP contribution in [0.2, 0.25) is 0 Å². The van der Waals surface area contributed by atoms with E-state index in [9.17, 15) is 9.59 Å². The highest BCUT2D eigenvalue weighted by Crippen LogP contribution is 2.33. The number of rotatable bonds is 6. The molecule has 1 aliphatic rings. The summed E-state index contributed by atoms with van der Waals surface area (Å²) in [5.74, 6) is 0.924. The fourth-order valence-corrected chi connectivity index (χ4v) is 4.51. The molecule has 2 aromatic carbocycles. The van der Waals surface area contributed by atoms with E-state index >= 15 is 0 Å². The summed E-state index contributed by atoms with van der Waals surface area (Å²) in [6.45, 7) is 2.31. The Morgan fingerprint density at radius 1 is 1.21 bits per heavy atom. The van der Waals surface area contributed by atoms with Crippen LogP contribution in [-0.2, 0) is 9.53 Å². The lowest BCUT2D eigenvalue weighted by Gasteiger charge is -2.06. The minimum Gasteiger partial charge on any atom is -0.465 e. The standard InChI is InChI=1S/C19H16N2O5S2/c1-2-24-17(22)9-27-19-21-13-5-4-12(8-16(13)28-19)20-18(23)11-3-6-14-15(7-11)26-10-25-14/h3-8H,2,9-10H2,1H3,(H,20,23). The van der Waals surface area contributed by atoms with Gasteiger partial charge in [0.25, 0.3) is 5.91 Å². The van der Waals surface area contributed by atoms with Gasteiger partial charge in [-0.05, 0) is 43.3 Å². The number of carbonyl (C=O) groups is 2. The second-order valence-corrected chi connectivity index (χ2v) is 8.03. The van der Waals surface area contributed by atoms with Crippen molar-refractivity contribution >= 4 is 50.9 Å². The second kappa shape index (κ2) is 8.07. The van der Waals surface area contributed by atoms with Crippen molar-refractivity contribution < 1.29 is 23.8 Å². The Labute approximate surface area is 169 Å². The quantitative estimate of drug-likeness (QED) is 0.481. The topological polar surface area (TPSA) is 86.8 Å². The van der Waals surface area contributed by atoms with E-state index in [1.165, 1.54) is 23.1 Å². The highest BCUT2D eigenvalue weighted by Gasteiger charge is 2.16. The van der Waals surface area contributed by atoms with Crippen LogP contribution < -0.4 is 14.8 Å². The number of aromatic nitrogens is 1.